The molecular formula is C78H93F3N30. The lowest BCUT2D eigenvalue weighted by Crippen LogP contribution is -2.34. The molecule has 12 aromatic heterocycles. The molecule has 0 fully saturated rings. The number of anilines is 6. The highest BCUT2D eigenvalue weighted by Crippen LogP contribution is 2.32. The van der Waals surface area contributed by atoms with Gasteiger partial charge in [-0.3, -0.25) is 14.0 Å². The largest absolute Gasteiger partial charge is 0.368 e. The van der Waals surface area contributed by atoms with E-state index in [1.165, 1.54) is 36.4 Å². The van der Waals surface area contributed by atoms with Crippen molar-refractivity contribution in [1.82, 2.24) is 103 Å². The molecule has 3 aromatic carbocycles. The van der Waals surface area contributed by atoms with Crippen molar-refractivity contribution in [1.29, 1.82) is 0 Å². The van der Waals surface area contributed by atoms with Crippen LogP contribution in [0.1, 0.15) is 95.7 Å². The summed E-state index contributed by atoms with van der Waals surface area (Å²) in [6.07, 6.45) is 31.9. The van der Waals surface area contributed by atoms with Crippen molar-refractivity contribution in [3.8, 4) is 33.4 Å². The molecule has 111 heavy (non-hydrogen) atoms. The van der Waals surface area contributed by atoms with Crippen molar-refractivity contribution in [3.05, 3.63) is 254 Å². The van der Waals surface area contributed by atoms with Crippen molar-refractivity contribution < 1.29 is 13.2 Å². The molecule has 0 aliphatic heterocycles. The summed E-state index contributed by atoms with van der Waals surface area (Å²) in [4.78, 5) is 43.4. The van der Waals surface area contributed by atoms with Crippen LogP contribution in [0.15, 0.2) is 203 Å². The zero-order valence-electron chi connectivity index (χ0n) is 64.1. The van der Waals surface area contributed by atoms with Crippen LogP contribution in [0.4, 0.5) is 48.5 Å². The number of nitrogens with zero attached hydrogens (tertiary/aromatic N) is 24. The number of rotatable bonds is 18. The van der Waals surface area contributed by atoms with E-state index in [2.05, 4.69) is 150 Å². The number of hydrogen-bond donors (Lipinski definition) is 6. The highest BCUT2D eigenvalue weighted by Gasteiger charge is 2.28. The molecule has 576 valence electrons. The molecule has 0 aliphatic rings. The van der Waals surface area contributed by atoms with Crippen LogP contribution in [0.2, 0.25) is 0 Å². The van der Waals surface area contributed by atoms with Crippen LogP contribution in [-0.4, -0.2) is 142 Å². The minimum Gasteiger partial charge on any atom is -0.368 e. The van der Waals surface area contributed by atoms with E-state index in [1.54, 1.807) is 107 Å². The fourth-order valence-electron chi connectivity index (χ4n) is 11.9. The predicted molar refractivity (Wildman–Crippen MR) is 427 cm³/mol. The van der Waals surface area contributed by atoms with Gasteiger partial charge in [-0.15, -0.1) is 0 Å². The molecule has 0 radical (unpaired) electrons. The lowest BCUT2D eigenvalue weighted by atomic mass is 9.87. The minimum absolute atomic E-state index is 0.198. The van der Waals surface area contributed by atoms with Gasteiger partial charge in [-0.25, -0.2) is 71.6 Å². The lowest BCUT2D eigenvalue weighted by Gasteiger charge is -2.25. The van der Waals surface area contributed by atoms with Gasteiger partial charge in [0.15, 0.2) is 17.5 Å². The number of nitrogen functional groups attached to an aromatic ring is 3. The number of aromatic nitrogens is 21. The summed E-state index contributed by atoms with van der Waals surface area (Å²) in [5.41, 5.74) is 46.7. The van der Waals surface area contributed by atoms with Crippen molar-refractivity contribution in [2.24, 2.45) is 38.3 Å². The van der Waals surface area contributed by atoms with Crippen molar-refractivity contribution >= 4 is 51.8 Å². The first-order valence-corrected chi connectivity index (χ1v) is 35.8. The first kappa shape index (κ1) is 80.4. The summed E-state index contributed by atoms with van der Waals surface area (Å²) in [5, 5.41) is 25.5. The van der Waals surface area contributed by atoms with Gasteiger partial charge in [0.1, 0.15) is 53.0 Å². The van der Waals surface area contributed by atoms with Crippen molar-refractivity contribution in [2.75, 3.05) is 71.2 Å². The van der Waals surface area contributed by atoms with E-state index >= 15 is 0 Å². The van der Waals surface area contributed by atoms with Gasteiger partial charge >= 0.3 is 0 Å². The van der Waals surface area contributed by atoms with Crippen LogP contribution in [0.25, 0.3) is 49.9 Å². The van der Waals surface area contributed by atoms with Gasteiger partial charge in [-0.05, 0) is 134 Å². The van der Waals surface area contributed by atoms with Gasteiger partial charge in [-0.1, -0.05) is 36.4 Å². The summed E-state index contributed by atoms with van der Waals surface area (Å²) in [7, 11) is 5.75. The van der Waals surface area contributed by atoms with E-state index in [1.807, 2.05) is 111 Å². The van der Waals surface area contributed by atoms with Gasteiger partial charge < -0.3 is 49.1 Å². The normalized spacial score (nSPS) is 12.6. The summed E-state index contributed by atoms with van der Waals surface area (Å²) in [5.74, 6) is 2.63. The SMILES string of the molecule is CC(N)(c1ccc(F)cc1)c1cnc(N)nc1.CCN(CC)c1ncnn2cc(-c3cnn(C)c3)cc12.CCN(CC)c1ncnn2cc(-c3cnn(C)c3)cc12.CCN(CC)c1ncnn2cc(-c3cnn(C)c3)cc12.C[C@@](N)(c1ccc(F)cc1)c1cnc(N)nc1.C[C@](N)(c1ccc(F)cc1)c1cnc(N)nc1. The second-order valence-electron chi connectivity index (χ2n) is 26.3. The van der Waals surface area contributed by atoms with E-state index in [4.69, 9.17) is 34.4 Å². The standard InChI is InChI=1S/3C14H18N6.3C12H13FN4/c3*1-4-19(5-2)14-13-6-11(9-20(13)17-10-15-14)12-7-16-18(3)8-12;3*1-12(15,8-2-4-10(13)5-3-8)9-6-16-11(14)17-7-9/h3*6-10H,4-5H2,1-3H3;3*2-7H,15H2,1H3,(H2,14,16,17)/t;;;2*12-;/m...10./s1. The highest BCUT2D eigenvalue weighted by molar-refractivity contribution is 5.79. The quantitative estimate of drug-likeness (QED) is 0.0465. The molecule has 15 aromatic rings. The summed E-state index contributed by atoms with van der Waals surface area (Å²) in [6, 6.07) is 24.5. The molecule has 0 amide bonds. The summed E-state index contributed by atoms with van der Waals surface area (Å²) in [6.45, 7) is 23.8. The Labute approximate surface area is 640 Å². The Morgan fingerprint density at radius 1 is 0.306 bits per heavy atom. The third kappa shape index (κ3) is 19.4. The molecule has 1 unspecified atom stereocenters. The number of fused-ring (bicyclic) bond motifs is 3. The van der Waals surface area contributed by atoms with Gasteiger partial charge in [0.25, 0.3) is 0 Å². The Bertz CT molecular complexity index is 4750. The molecule has 0 bridgehead atoms. The molecule has 12 heterocycles. The van der Waals surface area contributed by atoms with Crippen LogP contribution in [-0.2, 0) is 37.8 Å². The molecule has 3 atom stereocenters. The molecule has 33 heteroatoms. The van der Waals surface area contributed by atoms with Gasteiger partial charge in [0.2, 0.25) is 17.8 Å². The molecule has 15 rings (SSSR count). The van der Waals surface area contributed by atoms with E-state index in [9.17, 15) is 13.2 Å². The van der Waals surface area contributed by atoms with E-state index in [-0.39, 0.29) is 35.3 Å². The molecule has 0 saturated heterocycles. The average Bonchev–Trinajstić information content (AvgIpc) is 1.23. The Balaban J connectivity index is 0.000000142. The number of halogens is 3. The number of nitrogens with two attached hydrogens (primary N) is 6. The number of aryl methyl sites for hydroxylation is 3. The van der Waals surface area contributed by atoms with Crippen LogP contribution in [0.5, 0.6) is 0 Å². The highest BCUT2D eigenvalue weighted by atomic mass is 19.1. The van der Waals surface area contributed by atoms with Crippen LogP contribution in [0, 0.1) is 17.5 Å². The molecule has 12 N–H and O–H groups in total. The molecule has 30 nitrogen and oxygen atoms in total. The Morgan fingerprint density at radius 3 is 0.730 bits per heavy atom. The third-order valence-electron chi connectivity index (χ3n) is 18.6. The Morgan fingerprint density at radius 2 is 0.532 bits per heavy atom. The smallest absolute Gasteiger partial charge is 0.219 e. The molecular weight excluding hydrogens is 1410 g/mol. The Hall–Kier alpha value is -13.1. The van der Waals surface area contributed by atoms with Gasteiger partial charge in [-0.2, -0.15) is 30.6 Å². The van der Waals surface area contributed by atoms with Crippen LogP contribution < -0.4 is 49.1 Å². The van der Waals surface area contributed by atoms with Crippen LogP contribution in [0.3, 0.4) is 0 Å². The fraction of sp³-hybridized carbons (Fsp3) is 0.269. The van der Waals surface area contributed by atoms with E-state index in [0.29, 0.717) is 0 Å². The maximum atomic E-state index is 12.8. The van der Waals surface area contributed by atoms with Gasteiger partial charge in [0, 0.05) is 185 Å². The zero-order chi connectivity index (χ0) is 79.7. The first-order valence-electron chi connectivity index (χ1n) is 35.8. The van der Waals surface area contributed by atoms with E-state index < -0.39 is 16.6 Å². The second kappa shape index (κ2) is 35.7. The van der Waals surface area contributed by atoms with E-state index in [0.717, 1.165) is 140 Å². The third-order valence-corrected chi connectivity index (χ3v) is 18.6. The average molecular weight is 1510 g/mol. The minimum atomic E-state index is -0.776. The maximum absolute atomic E-state index is 12.8. The Kier molecular flexibility index (Phi) is 25.9. The molecule has 0 saturated carbocycles. The summed E-state index contributed by atoms with van der Waals surface area (Å²) >= 11 is 0. The fourth-order valence-corrected chi connectivity index (χ4v) is 11.9. The monoisotopic (exact) mass is 1510 g/mol. The molecule has 0 aliphatic carbocycles. The summed E-state index contributed by atoms with van der Waals surface area (Å²) < 4.78 is 49.6. The van der Waals surface area contributed by atoms with Crippen molar-refractivity contribution in [3.63, 3.8) is 0 Å². The maximum Gasteiger partial charge on any atom is 0.219 e. The van der Waals surface area contributed by atoms with Gasteiger partial charge in [0.05, 0.1) is 35.2 Å². The second-order valence-corrected chi connectivity index (χ2v) is 26.3. The lowest BCUT2D eigenvalue weighted by molar-refractivity contribution is 0.588. The van der Waals surface area contributed by atoms with Crippen molar-refractivity contribution in [2.45, 2.75) is 78.9 Å². The van der Waals surface area contributed by atoms with Crippen LogP contribution >= 0.6 is 0 Å². The number of benzene rings is 3. The number of hydrogen-bond acceptors (Lipinski definition) is 24. The molecule has 0 spiro atoms. The first-order chi connectivity index (χ1) is 53.2. The zero-order valence-corrected chi connectivity index (χ0v) is 64.1. The predicted octanol–water partition coefficient (Wildman–Crippen LogP) is 10.2. The topological polar surface area (TPSA) is 387 Å².